The number of ketones is 1. The number of nitrogens with one attached hydrogen (secondary N) is 1. The Bertz CT molecular complexity index is 1030. The molecule has 0 aliphatic carbocycles. The molecule has 0 aromatic heterocycles. The van der Waals surface area contributed by atoms with Gasteiger partial charge in [-0.1, -0.05) is 48.5 Å². The summed E-state index contributed by atoms with van der Waals surface area (Å²) in [6.07, 6.45) is 0. The van der Waals surface area contributed by atoms with Gasteiger partial charge in [-0.2, -0.15) is 5.26 Å². The molecule has 128 valence electrons. The lowest BCUT2D eigenvalue weighted by Gasteiger charge is -2.12. The molecule has 0 heterocycles. The molecule has 3 aromatic rings. The first-order chi connectivity index (χ1) is 12.5. The summed E-state index contributed by atoms with van der Waals surface area (Å²) in [5.74, 6) is -2.41. The molecule has 1 atom stereocenters. The van der Waals surface area contributed by atoms with Crippen LogP contribution in [0.4, 0.5) is 0 Å². The lowest BCUT2D eigenvalue weighted by atomic mass is 9.97. The van der Waals surface area contributed by atoms with Crippen molar-refractivity contribution in [3.05, 3.63) is 60.2 Å². The third-order valence-electron chi connectivity index (χ3n) is 4.20. The number of hydrogen-bond donors (Lipinski definition) is 1. The van der Waals surface area contributed by atoms with E-state index in [0.717, 1.165) is 21.5 Å². The number of carbonyl (C=O) groups excluding carboxylic acids is 2. The minimum Gasteiger partial charge on any atom is -0.454 e. The van der Waals surface area contributed by atoms with Crippen LogP contribution >= 0.6 is 0 Å². The number of rotatable bonds is 5. The van der Waals surface area contributed by atoms with Crippen molar-refractivity contribution in [1.82, 2.24) is 0 Å². The molecular formula is C21H16N2O3. The van der Waals surface area contributed by atoms with Gasteiger partial charge in [0.15, 0.2) is 12.4 Å². The predicted molar refractivity (Wildman–Crippen MR) is 99.2 cm³/mol. The number of Topliss-reactive ketones (excluding diaryl/α,β-unsaturated/α-hetero) is 1. The van der Waals surface area contributed by atoms with E-state index >= 15 is 0 Å². The number of esters is 1. The van der Waals surface area contributed by atoms with Crippen molar-refractivity contribution in [3.8, 4) is 6.07 Å². The maximum absolute atomic E-state index is 12.7. The Morgan fingerprint density at radius 3 is 2.12 bits per heavy atom. The van der Waals surface area contributed by atoms with Gasteiger partial charge in [0.05, 0.1) is 11.6 Å². The highest BCUT2D eigenvalue weighted by atomic mass is 16.5. The fraction of sp³-hybridized carbons (Fsp3) is 0.143. The summed E-state index contributed by atoms with van der Waals surface area (Å²) in [4.78, 5) is 24.8. The molecule has 0 aliphatic rings. The van der Waals surface area contributed by atoms with Gasteiger partial charge < -0.3 is 10.1 Å². The van der Waals surface area contributed by atoms with E-state index in [-0.39, 0.29) is 5.71 Å². The Kier molecular flexibility index (Phi) is 4.76. The van der Waals surface area contributed by atoms with Crippen molar-refractivity contribution in [2.75, 3.05) is 6.61 Å². The number of hydrogen-bond acceptors (Lipinski definition) is 5. The summed E-state index contributed by atoms with van der Waals surface area (Å²) in [5.41, 5.74) is 0.329. The highest BCUT2D eigenvalue weighted by molar-refractivity contribution is 6.17. The summed E-state index contributed by atoms with van der Waals surface area (Å²) in [6, 6.07) is 18.7. The van der Waals surface area contributed by atoms with Crippen LogP contribution in [0.25, 0.3) is 21.5 Å². The van der Waals surface area contributed by atoms with Gasteiger partial charge in [-0.3, -0.25) is 4.79 Å². The smallest absolute Gasteiger partial charge is 0.339 e. The zero-order valence-corrected chi connectivity index (χ0v) is 14.2. The average Bonchev–Trinajstić information content (AvgIpc) is 2.64. The fourth-order valence-electron chi connectivity index (χ4n) is 2.94. The monoisotopic (exact) mass is 344 g/mol. The van der Waals surface area contributed by atoms with Crippen LogP contribution in [0, 0.1) is 22.7 Å². The van der Waals surface area contributed by atoms with Gasteiger partial charge in [0.1, 0.15) is 5.92 Å². The van der Waals surface area contributed by atoms with E-state index in [4.69, 9.17) is 15.4 Å². The summed E-state index contributed by atoms with van der Waals surface area (Å²) < 4.78 is 5.20. The van der Waals surface area contributed by atoms with Crippen molar-refractivity contribution in [3.63, 3.8) is 0 Å². The zero-order chi connectivity index (χ0) is 18.7. The van der Waals surface area contributed by atoms with Crippen LogP contribution in [-0.2, 0) is 9.53 Å². The maximum atomic E-state index is 12.7. The van der Waals surface area contributed by atoms with Crippen LogP contribution in [0.1, 0.15) is 17.3 Å². The second-order valence-electron chi connectivity index (χ2n) is 5.98. The van der Waals surface area contributed by atoms with Crippen LogP contribution in [0.5, 0.6) is 0 Å². The first kappa shape index (κ1) is 17.3. The molecule has 3 aromatic carbocycles. The van der Waals surface area contributed by atoms with Crippen molar-refractivity contribution in [1.29, 1.82) is 10.7 Å². The number of carbonyl (C=O) groups is 2. The van der Waals surface area contributed by atoms with Gasteiger partial charge in [0.2, 0.25) is 0 Å². The Labute approximate surface area is 150 Å². The Hall–Kier alpha value is -3.52. The fourth-order valence-corrected chi connectivity index (χ4v) is 2.94. The minimum atomic E-state index is -1.19. The molecule has 5 heteroatoms. The molecule has 0 amide bonds. The third kappa shape index (κ3) is 3.17. The number of ether oxygens (including phenoxy) is 1. The zero-order valence-electron chi connectivity index (χ0n) is 14.2. The molecule has 3 rings (SSSR count). The molecule has 0 saturated heterocycles. The van der Waals surface area contributed by atoms with E-state index in [0.29, 0.717) is 5.56 Å². The van der Waals surface area contributed by atoms with E-state index in [1.54, 1.807) is 6.07 Å². The molecule has 0 bridgehead atoms. The van der Waals surface area contributed by atoms with Gasteiger partial charge in [-0.25, -0.2) is 4.79 Å². The van der Waals surface area contributed by atoms with Crippen LogP contribution < -0.4 is 0 Å². The van der Waals surface area contributed by atoms with Crippen LogP contribution in [0.3, 0.4) is 0 Å². The largest absolute Gasteiger partial charge is 0.454 e. The molecule has 0 spiro atoms. The number of nitrogens with zero attached hydrogens (tertiary/aromatic N) is 1. The molecule has 26 heavy (non-hydrogen) atoms. The quantitative estimate of drug-likeness (QED) is 0.432. The van der Waals surface area contributed by atoms with E-state index in [2.05, 4.69) is 0 Å². The summed E-state index contributed by atoms with van der Waals surface area (Å²) >= 11 is 0. The maximum Gasteiger partial charge on any atom is 0.339 e. The SMILES string of the molecule is CC(=N)C(C#N)C(=O)COC(=O)c1c2ccccc2cc2ccccc12. The van der Waals surface area contributed by atoms with Crippen molar-refractivity contribution >= 4 is 39.0 Å². The normalized spacial score (nSPS) is 11.7. The molecule has 1 unspecified atom stereocenters. The third-order valence-corrected chi connectivity index (χ3v) is 4.20. The van der Waals surface area contributed by atoms with E-state index < -0.39 is 24.3 Å². The van der Waals surface area contributed by atoms with Crippen LogP contribution in [-0.4, -0.2) is 24.1 Å². The second kappa shape index (κ2) is 7.16. The Morgan fingerprint density at radius 1 is 1.08 bits per heavy atom. The van der Waals surface area contributed by atoms with Gasteiger partial charge >= 0.3 is 5.97 Å². The van der Waals surface area contributed by atoms with E-state index in [1.165, 1.54) is 6.92 Å². The Balaban J connectivity index is 1.98. The van der Waals surface area contributed by atoms with Gasteiger partial charge in [-0.15, -0.1) is 0 Å². The molecule has 0 radical (unpaired) electrons. The van der Waals surface area contributed by atoms with Crippen molar-refractivity contribution in [2.24, 2.45) is 5.92 Å². The predicted octanol–water partition coefficient (Wildman–Crippen LogP) is 3.90. The van der Waals surface area contributed by atoms with Gasteiger partial charge in [0.25, 0.3) is 0 Å². The highest BCUT2D eigenvalue weighted by Gasteiger charge is 2.23. The van der Waals surface area contributed by atoms with Crippen molar-refractivity contribution in [2.45, 2.75) is 6.92 Å². The molecule has 1 N–H and O–H groups in total. The lowest BCUT2D eigenvalue weighted by Crippen LogP contribution is -2.25. The van der Waals surface area contributed by atoms with Crippen LogP contribution in [0.2, 0.25) is 0 Å². The highest BCUT2D eigenvalue weighted by Crippen LogP contribution is 2.29. The molecule has 5 nitrogen and oxygen atoms in total. The molecular weight excluding hydrogens is 328 g/mol. The molecule has 0 aliphatic heterocycles. The minimum absolute atomic E-state index is 0.0656. The summed E-state index contributed by atoms with van der Waals surface area (Å²) in [6.45, 7) is 0.844. The lowest BCUT2D eigenvalue weighted by molar-refractivity contribution is -0.122. The molecule has 0 saturated carbocycles. The van der Waals surface area contributed by atoms with Crippen LogP contribution in [0.15, 0.2) is 54.6 Å². The molecule has 0 fully saturated rings. The topological polar surface area (TPSA) is 91.0 Å². The first-order valence-corrected chi connectivity index (χ1v) is 8.08. The number of fused-ring (bicyclic) bond motifs is 2. The van der Waals surface area contributed by atoms with Gasteiger partial charge in [0, 0.05) is 5.71 Å². The summed E-state index contributed by atoms with van der Waals surface area (Å²) in [5, 5.41) is 19.7. The van der Waals surface area contributed by atoms with E-state index in [1.807, 2.05) is 54.6 Å². The van der Waals surface area contributed by atoms with E-state index in [9.17, 15) is 9.59 Å². The Morgan fingerprint density at radius 2 is 1.62 bits per heavy atom. The number of benzene rings is 3. The van der Waals surface area contributed by atoms with Crippen molar-refractivity contribution < 1.29 is 14.3 Å². The second-order valence-corrected chi connectivity index (χ2v) is 5.98. The number of nitriles is 1. The van der Waals surface area contributed by atoms with Gasteiger partial charge in [-0.05, 0) is 34.5 Å². The average molecular weight is 344 g/mol. The first-order valence-electron chi connectivity index (χ1n) is 8.08. The standard InChI is InChI=1S/C21H16N2O3/c1-13(23)18(11-22)19(24)12-26-21(25)20-16-8-4-2-6-14(16)10-15-7-3-5-9-17(15)20/h2-10,18,23H,12H2,1H3. The summed E-state index contributed by atoms with van der Waals surface area (Å²) in [7, 11) is 0.